The first-order chi connectivity index (χ1) is 22.6. The van der Waals surface area contributed by atoms with Gasteiger partial charge in [0.25, 0.3) is 0 Å². The fourth-order valence-corrected chi connectivity index (χ4v) is 4.71. The van der Waals surface area contributed by atoms with E-state index in [1.54, 1.807) is 6.07 Å². The highest BCUT2D eigenvalue weighted by Gasteiger charge is 2.33. The molecule has 0 atom stereocenters. The Morgan fingerprint density at radius 3 is 2.11 bits per heavy atom. The highest BCUT2D eigenvalue weighted by molar-refractivity contribution is 5.92. The van der Waals surface area contributed by atoms with Crippen LogP contribution in [0.1, 0.15) is 98.2 Å². The van der Waals surface area contributed by atoms with Gasteiger partial charge in [0.15, 0.2) is 0 Å². The fourth-order valence-electron chi connectivity index (χ4n) is 4.71. The summed E-state index contributed by atoms with van der Waals surface area (Å²) in [5.41, 5.74) is 7.79. The van der Waals surface area contributed by atoms with Crippen molar-refractivity contribution in [2.45, 2.75) is 100.0 Å². The summed E-state index contributed by atoms with van der Waals surface area (Å²) in [6.07, 6.45) is 14.4. The number of rotatable bonds is 13. The lowest BCUT2D eigenvalue weighted by Gasteiger charge is -2.33. The predicted molar refractivity (Wildman–Crippen MR) is 210 cm³/mol. The van der Waals surface area contributed by atoms with Gasteiger partial charge in [0, 0.05) is 57.2 Å². The lowest BCUT2D eigenvalue weighted by atomic mass is 9.93. The van der Waals surface area contributed by atoms with Crippen LogP contribution in [-0.4, -0.2) is 44.8 Å². The Balaban J connectivity index is 0.000000779. The smallest absolute Gasteiger partial charge is 0.147 e. The van der Waals surface area contributed by atoms with E-state index in [4.69, 9.17) is 0 Å². The molecule has 4 rings (SSSR count). The van der Waals surface area contributed by atoms with Crippen LogP contribution in [0.4, 0.5) is 21.5 Å². The maximum Gasteiger partial charge on any atom is 0.147 e. The van der Waals surface area contributed by atoms with Gasteiger partial charge >= 0.3 is 0 Å². The zero-order valence-electron chi connectivity index (χ0n) is 31.6. The van der Waals surface area contributed by atoms with E-state index in [1.165, 1.54) is 18.5 Å². The Morgan fingerprint density at radius 2 is 1.66 bits per heavy atom. The molecule has 0 saturated heterocycles. The molecule has 1 N–H and O–H groups in total. The minimum absolute atomic E-state index is 0.155. The molecule has 1 fully saturated rings. The number of pyridine rings is 1. The summed E-state index contributed by atoms with van der Waals surface area (Å²) < 4.78 is 14.9. The maximum atomic E-state index is 14.9. The second-order valence-corrected chi connectivity index (χ2v) is 11.3. The molecular weight excluding hydrogens is 581 g/mol. The molecule has 2 aromatic rings. The van der Waals surface area contributed by atoms with E-state index in [2.05, 4.69) is 84.5 Å². The summed E-state index contributed by atoms with van der Waals surface area (Å²) in [4.78, 5) is 10.9. The Labute approximate surface area is 288 Å². The highest BCUT2D eigenvalue weighted by Crippen LogP contribution is 2.44. The average molecular weight is 648 g/mol. The van der Waals surface area contributed by atoms with Crippen LogP contribution in [-0.2, 0) is 0 Å². The van der Waals surface area contributed by atoms with Gasteiger partial charge in [0.05, 0.1) is 23.3 Å². The number of hydrogen-bond acceptors (Lipinski definition) is 5. The topological polar surface area (TPSA) is 34.6 Å². The number of aryl methyl sites for hydroxylation is 1. The van der Waals surface area contributed by atoms with Crippen LogP contribution in [0, 0.1) is 12.7 Å². The summed E-state index contributed by atoms with van der Waals surface area (Å²) >= 11 is 0. The third kappa shape index (κ3) is 14.7. The first-order valence-corrected chi connectivity index (χ1v) is 17.6. The van der Waals surface area contributed by atoms with Gasteiger partial charge in [-0.15, -0.1) is 6.58 Å². The molecule has 1 aliphatic heterocycles. The van der Waals surface area contributed by atoms with E-state index in [9.17, 15) is 4.39 Å². The van der Waals surface area contributed by atoms with Crippen LogP contribution in [0.5, 0.6) is 0 Å². The molecule has 1 aromatic heterocycles. The molecule has 1 aromatic carbocycles. The van der Waals surface area contributed by atoms with Gasteiger partial charge in [-0.05, 0) is 93.5 Å². The number of anilines is 3. The Kier molecular flexibility index (Phi) is 22.4. The molecule has 0 unspecified atom stereocenters. The molecular formula is C41H66FN5. The lowest BCUT2D eigenvalue weighted by Crippen LogP contribution is -2.28. The average Bonchev–Trinajstić information content (AvgIpc) is 3.93. The molecule has 0 spiro atoms. The van der Waals surface area contributed by atoms with Gasteiger partial charge in [-0.3, -0.25) is 4.98 Å². The van der Waals surface area contributed by atoms with E-state index in [-0.39, 0.29) is 5.82 Å². The monoisotopic (exact) mass is 648 g/mol. The van der Waals surface area contributed by atoms with E-state index >= 15 is 0 Å². The summed E-state index contributed by atoms with van der Waals surface area (Å²) in [5, 5.41) is 2.83. The highest BCUT2D eigenvalue weighted by atomic mass is 19.1. The standard InChI is InChI=1S/C21H27FN2.C12H18N2.C4H9N.2C2H6/c1-5-10-23(11-6-2)21-13-20-18(12-19(21)22)15(4)16(7-3)14-24(20)17-8-9-17;1-4-5-6-9-14(3)12-8-7-11(2)13-10-12;1-4(2)5-3;2*1-2/h7,12-14,17H,3-6,8-11H2,1-2H3;4,7-8,10H,1,5-6,9H2,2-3H3;5H,1H2,2-3H3;2*1-2H3. The number of allylic oxidation sites excluding steroid dienone is 5. The number of nitrogens with one attached hydrogen (secondary N) is 1. The Bertz CT molecular complexity index is 1240. The third-order valence-corrected chi connectivity index (χ3v) is 7.45. The molecule has 262 valence electrons. The third-order valence-electron chi connectivity index (χ3n) is 7.45. The van der Waals surface area contributed by atoms with Gasteiger partial charge in [-0.25, -0.2) is 4.39 Å². The van der Waals surface area contributed by atoms with Crippen LogP contribution in [0.2, 0.25) is 0 Å². The minimum atomic E-state index is -0.155. The molecule has 47 heavy (non-hydrogen) atoms. The van der Waals surface area contributed by atoms with Gasteiger partial charge in [-0.1, -0.05) is 73.4 Å². The second kappa shape index (κ2) is 24.4. The zero-order valence-corrected chi connectivity index (χ0v) is 31.6. The molecule has 0 bridgehead atoms. The SMILES string of the molecule is C=C(C)NC.C=CC1=CN(C2CC2)c2cc(N(CCC)CCC)c(F)cc2C1=C.C=CCCCN(C)c1ccc(C)nc1.CC.CC. The number of aromatic nitrogens is 1. The zero-order chi connectivity index (χ0) is 35.9. The van der Waals surface area contributed by atoms with Crippen molar-refractivity contribution in [3.05, 3.63) is 103 Å². The molecule has 1 aliphatic carbocycles. The summed E-state index contributed by atoms with van der Waals surface area (Å²) in [5.74, 6) is -0.155. The van der Waals surface area contributed by atoms with Crippen LogP contribution >= 0.6 is 0 Å². The number of hydrogen-bond donors (Lipinski definition) is 1. The number of fused-ring (bicyclic) bond motifs is 1. The van der Waals surface area contributed by atoms with Crippen LogP contribution in [0.15, 0.2) is 86.4 Å². The molecule has 0 amide bonds. The Hall–Kier alpha value is -3.80. The van der Waals surface area contributed by atoms with Crippen LogP contribution < -0.4 is 20.0 Å². The normalized spacial score (nSPS) is 12.4. The maximum absolute atomic E-state index is 14.9. The van der Waals surface area contributed by atoms with E-state index in [0.29, 0.717) is 11.7 Å². The van der Waals surface area contributed by atoms with Crippen molar-refractivity contribution in [2.75, 3.05) is 48.4 Å². The van der Waals surface area contributed by atoms with E-state index < -0.39 is 0 Å². The number of nitrogens with zero attached hydrogens (tertiary/aromatic N) is 4. The molecule has 5 nitrogen and oxygen atoms in total. The van der Waals surface area contributed by atoms with Crippen molar-refractivity contribution in [1.82, 2.24) is 10.3 Å². The van der Waals surface area contributed by atoms with Gasteiger partial charge in [0.1, 0.15) is 5.82 Å². The van der Waals surface area contributed by atoms with E-state index in [1.807, 2.05) is 79.1 Å². The molecule has 2 heterocycles. The summed E-state index contributed by atoms with van der Waals surface area (Å²) in [6.45, 7) is 34.3. The van der Waals surface area contributed by atoms with Gasteiger partial charge in [0.2, 0.25) is 0 Å². The van der Waals surface area contributed by atoms with Crippen LogP contribution in [0.3, 0.4) is 0 Å². The van der Waals surface area contributed by atoms with Gasteiger partial charge in [-0.2, -0.15) is 0 Å². The Morgan fingerprint density at radius 1 is 1.06 bits per heavy atom. The lowest BCUT2D eigenvalue weighted by molar-refractivity contribution is 0.612. The molecule has 0 radical (unpaired) electrons. The molecule has 1 saturated carbocycles. The van der Waals surface area contributed by atoms with Crippen molar-refractivity contribution >= 4 is 22.6 Å². The summed E-state index contributed by atoms with van der Waals surface area (Å²) in [7, 11) is 3.94. The van der Waals surface area contributed by atoms with Crippen molar-refractivity contribution in [3.8, 4) is 0 Å². The quantitative estimate of drug-likeness (QED) is 0.173. The van der Waals surface area contributed by atoms with Crippen molar-refractivity contribution in [2.24, 2.45) is 0 Å². The first kappa shape index (κ1) is 43.2. The van der Waals surface area contributed by atoms with E-state index in [0.717, 1.165) is 79.1 Å². The fraction of sp³-hybridized carbons (Fsp3) is 0.488. The number of unbranched alkanes of at least 4 members (excludes halogenated alkanes) is 1. The summed E-state index contributed by atoms with van der Waals surface area (Å²) in [6, 6.07) is 8.36. The largest absolute Gasteiger partial charge is 0.392 e. The number of halogens is 1. The first-order valence-electron chi connectivity index (χ1n) is 17.6. The van der Waals surface area contributed by atoms with Gasteiger partial charge < -0.3 is 20.0 Å². The van der Waals surface area contributed by atoms with Crippen molar-refractivity contribution in [3.63, 3.8) is 0 Å². The van der Waals surface area contributed by atoms with Crippen LogP contribution in [0.25, 0.3) is 5.57 Å². The molecule has 6 heteroatoms. The number of benzene rings is 1. The predicted octanol–water partition coefficient (Wildman–Crippen LogP) is 11.1. The van der Waals surface area contributed by atoms with Crippen molar-refractivity contribution < 1.29 is 4.39 Å². The van der Waals surface area contributed by atoms with Crippen molar-refractivity contribution in [1.29, 1.82) is 0 Å². The minimum Gasteiger partial charge on any atom is -0.392 e. The second-order valence-electron chi connectivity index (χ2n) is 11.3. The molecule has 2 aliphatic rings.